The van der Waals surface area contributed by atoms with Crippen molar-refractivity contribution in [3.05, 3.63) is 12.2 Å². The molecule has 0 amide bonds. The van der Waals surface area contributed by atoms with Gasteiger partial charge in [0.1, 0.15) is 19.5 Å². The number of rotatable bonds is 8. The van der Waals surface area contributed by atoms with E-state index in [1.54, 1.807) is 7.11 Å². The van der Waals surface area contributed by atoms with Crippen molar-refractivity contribution in [3.63, 3.8) is 0 Å². The second kappa shape index (κ2) is 9.83. The Kier molecular flexibility index (Phi) is 8.07. The van der Waals surface area contributed by atoms with E-state index in [-0.39, 0.29) is 31.6 Å². The maximum atomic E-state index is 11.7. The van der Waals surface area contributed by atoms with Crippen LogP contribution in [0.5, 0.6) is 0 Å². The number of hydrogen-bond acceptors (Lipinski definition) is 6. The number of hydrogen-bond donors (Lipinski definition) is 0. The van der Waals surface area contributed by atoms with Gasteiger partial charge in [-0.2, -0.15) is 0 Å². The Labute approximate surface area is 157 Å². The van der Waals surface area contributed by atoms with E-state index < -0.39 is 11.2 Å². The molecule has 1 aliphatic carbocycles. The van der Waals surface area contributed by atoms with Gasteiger partial charge in [-0.25, -0.2) is 0 Å². The number of esters is 1. The lowest BCUT2D eigenvalue weighted by Crippen LogP contribution is -2.37. The van der Waals surface area contributed by atoms with Crippen molar-refractivity contribution >= 4 is 5.97 Å². The summed E-state index contributed by atoms with van der Waals surface area (Å²) in [5, 5.41) is 0. The molecular formula is C20H34O6. The van der Waals surface area contributed by atoms with Crippen LogP contribution in [0.2, 0.25) is 0 Å². The molecule has 2 aliphatic rings. The molecule has 2 fully saturated rings. The molecule has 0 N–H and O–H groups in total. The van der Waals surface area contributed by atoms with Crippen LogP contribution in [0, 0.1) is 5.41 Å². The molecule has 26 heavy (non-hydrogen) atoms. The summed E-state index contributed by atoms with van der Waals surface area (Å²) in [6.45, 7) is 6.54. The van der Waals surface area contributed by atoms with Crippen molar-refractivity contribution in [2.45, 2.75) is 77.3 Å². The van der Waals surface area contributed by atoms with Gasteiger partial charge < -0.3 is 23.7 Å². The molecule has 1 saturated heterocycles. The minimum Gasteiger partial charge on any atom is -0.461 e. The maximum absolute atomic E-state index is 11.7. The highest BCUT2D eigenvalue weighted by Gasteiger charge is 2.44. The first-order valence-electron chi connectivity index (χ1n) is 9.61. The Morgan fingerprint density at radius 2 is 1.96 bits per heavy atom. The predicted octanol–water partition coefficient (Wildman–Crippen LogP) is 3.59. The van der Waals surface area contributed by atoms with Gasteiger partial charge in [-0.15, -0.1) is 0 Å². The first-order chi connectivity index (χ1) is 12.4. The van der Waals surface area contributed by atoms with Crippen molar-refractivity contribution in [2.75, 3.05) is 27.1 Å². The normalized spacial score (nSPS) is 24.2. The fourth-order valence-electron chi connectivity index (χ4n) is 3.24. The van der Waals surface area contributed by atoms with E-state index >= 15 is 0 Å². The summed E-state index contributed by atoms with van der Waals surface area (Å²) in [6, 6.07) is 0. The summed E-state index contributed by atoms with van der Waals surface area (Å²) in [5.74, 6) is -0.620. The summed E-state index contributed by atoms with van der Waals surface area (Å²) >= 11 is 0. The van der Waals surface area contributed by atoms with Crippen molar-refractivity contribution < 1.29 is 28.5 Å². The van der Waals surface area contributed by atoms with E-state index in [0.29, 0.717) is 13.0 Å². The van der Waals surface area contributed by atoms with Crippen LogP contribution in [0.4, 0.5) is 0 Å². The Morgan fingerprint density at radius 1 is 1.23 bits per heavy atom. The molecule has 1 aliphatic heterocycles. The average molecular weight is 370 g/mol. The first kappa shape index (κ1) is 21.4. The summed E-state index contributed by atoms with van der Waals surface area (Å²) in [6.07, 6.45) is 9.67. The van der Waals surface area contributed by atoms with Crippen molar-refractivity contribution in [3.8, 4) is 0 Å². The van der Waals surface area contributed by atoms with Crippen LogP contribution in [-0.4, -0.2) is 51.1 Å². The molecule has 2 atom stereocenters. The van der Waals surface area contributed by atoms with Gasteiger partial charge in [0.2, 0.25) is 0 Å². The summed E-state index contributed by atoms with van der Waals surface area (Å²) in [4.78, 5) is 11.7. The molecule has 1 heterocycles. The summed E-state index contributed by atoms with van der Waals surface area (Å²) in [7, 11) is 1.60. The average Bonchev–Trinajstić information content (AvgIpc) is 3.00. The van der Waals surface area contributed by atoms with Crippen molar-refractivity contribution in [1.82, 2.24) is 0 Å². The molecule has 2 rings (SSSR count). The van der Waals surface area contributed by atoms with Crippen LogP contribution in [-0.2, 0) is 28.5 Å². The Hall–Kier alpha value is -0.950. The molecule has 0 radical (unpaired) electrons. The molecule has 150 valence electrons. The standard InChI is InChI=1S/C20H34O6/c1-19(2,3)18(21)23-13-9-6-10-16(24-15-22-4)17-14-25-20(26-17)11-7-5-8-12-20/h6,9,16-17H,5,7-8,10-15H2,1-4H3/b9-6+/t16-,17+/m0/s1. The summed E-state index contributed by atoms with van der Waals surface area (Å²) < 4.78 is 28.4. The zero-order valence-corrected chi connectivity index (χ0v) is 16.6. The van der Waals surface area contributed by atoms with Gasteiger partial charge >= 0.3 is 5.97 Å². The molecule has 0 bridgehead atoms. The van der Waals surface area contributed by atoms with Gasteiger partial charge in [-0.3, -0.25) is 4.79 Å². The van der Waals surface area contributed by atoms with E-state index in [0.717, 1.165) is 25.7 Å². The summed E-state index contributed by atoms with van der Waals surface area (Å²) in [5.41, 5.74) is -0.485. The minimum atomic E-state index is -0.485. The van der Waals surface area contributed by atoms with E-state index in [9.17, 15) is 4.79 Å². The molecular weight excluding hydrogens is 336 g/mol. The van der Waals surface area contributed by atoms with Crippen molar-refractivity contribution in [1.29, 1.82) is 0 Å². The first-order valence-corrected chi connectivity index (χ1v) is 9.61. The second-order valence-corrected chi connectivity index (χ2v) is 8.11. The Bertz CT molecular complexity index is 461. The topological polar surface area (TPSA) is 63.2 Å². The van der Waals surface area contributed by atoms with Crippen LogP contribution in [0.3, 0.4) is 0 Å². The monoisotopic (exact) mass is 370 g/mol. The van der Waals surface area contributed by atoms with E-state index in [4.69, 9.17) is 23.7 Å². The van der Waals surface area contributed by atoms with E-state index in [1.807, 2.05) is 32.9 Å². The molecule has 0 aromatic rings. The quantitative estimate of drug-likeness (QED) is 0.370. The molecule has 6 nitrogen and oxygen atoms in total. The molecule has 0 unspecified atom stereocenters. The fourth-order valence-corrected chi connectivity index (χ4v) is 3.24. The Balaban J connectivity index is 1.81. The highest BCUT2D eigenvalue weighted by Crippen LogP contribution is 2.39. The lowest BCUT2D eigenvalue weighted by atomic mass is 9.94. The largest absolute Gasteiger partial charge is 0.461 e. The minimum absolute atomic E-state index is 0.106. The smallest absolute Gasteiger partial charge is 0.311 e. The SMILES string of the molecule is COCO[C@@H](C/C=C/COC(=O)C(C)(C)C)[C@H]1COC2(CCCCC2)O1. The van der Waals surface area contributed by atoms with Gasteiger partial charge in [0, 0.05) is 20.0 Å². The highest BCUT2D eigenvalue weighted by atomic mass is 16.8. The molecule has 6 heteroatoms. The van der Waals surface area contributed by atoms with Gasteiger partial charge in [0.05, 0.1) is 18.1 Å². The van der Waals surface area contributed by atoms with Gasteiger partial charge in [0.25, 0.3) is 0 Å². The third kappa shape index (κ3) is 6.34. The molecule has 1 spiro atoms. The van der Waals surface area contributed by atoms with Gasteiger partial charge in [0.15, 0.2) is 5.79 Å². The van der Waals surface area contributed by atoms with E-state index in [2.05, 4.69) is 0 Å². The third-order valence-corrected chi connectivity index (χ3v) is 4.76. The fraction of sp³-hybridized carbons (Fsp3) is 0.850. The van der Waals surface area contributed by atoms with Crippen LogP contribution in [0.15, 0.2) is 12.2 Å². The zero-order chi connectivity index (χ0) is 19.0. The maximum Gasteiger partial charge on any atom is 0.311 e. The molecule has 1 saturated carbocycles. The van der Waals surface area contributed by atoms with Crippen LogP contribution in [0.1, 0.15) is 59.3 Å². The molecule has 0 aromatic carbocycles. The van der Waals surface area contributed by atoms with Crippen LogP contribution < -0.4 is 0 Å². The van der Waals surface area contributed by atoms with Crippen molar-refractivity contribution in [2.24, 2.45) is 5.41 Å². The number of methoxy groups -OCH3 is 1. The zero-order valence-electron chi connectivity index (χ0n) is 16.6. The second-order valence-electron chi connectivity index (χ2n) is 8.11. The van der Waals surface area contributed by atoms with Gasteiger partial charge in [-0.05, 0) is 40.0 Å². The number of carbonyl (C=O) groups excluding carboxylic acids is 1. The van der Waals surface area contributed by atoms with Gasteiger partial charge in [-0.1, -0.05) is 18.6 Å². The van der Waals surface area contributed by atoms with E-state index in [1.165, 1.54) is 6.42 Å². The van der Waals surface area contributed by atoms with Crippen LogP contribution in [0.25, 0.3) is 0 Å². The van der Waals surface area contributed by atoms with Crippen LogP contribution >= 0.6 is 0 Å². The predicted molar refractivity (Wildman–Crippen MR) is 97.6 cm³/mol. The molecule has 0 aromatic heterocycles. The lowest BCUT2D eigenvalue weighted by molar-refractivity contribution is -0.204. The number of carbonyl (C=O) groups is 1. The number of ether oxygens (including phenoxy) is 5. The Morgan fingerprint density at radius 3 is 2.62 bits per heavy atom. The third-order valence-electron chi connectivity index (χ3n) is 4.76. The highest BCUT2D eigenvalue weighted by molar-refractivity contribution is 5.75. The lowest BCUT2D eigenvalue weighted by Gasteiger charge is -2.32.